The summed E-state index contributed by atoms with van der Waals surface area (Å²) in [6.45, 7) is 2.33. The van der Waals surface area contributed by atoms with Crippen LogP contribution in [-0.2, 0) is 4.79 Å². The molecule has 1 fully saturated rings. The zero-order chi connectivity index (χ0) is 15.8. The molecule has 2 N–H and O–H groups in total. The molecule has 1 aromatic carbocycles. The molecule has 0 heterocycles. The first-order chi connectivity index (χ1) is 10.7. The van der Waals surface area contributed by atoms with Crippen molar-refractivity contribution in [1.29, 1.82) is 0 Å². The van der Waals surface area contributed by atoms with Crippen LogP contribution in [0.1, 0.15) is 49.8 Å². The number of rotatable bonds is 5. The molecule has 0 saturated heterocycles. The Morgan fingerprint density at radius 2 is 1.86 bits per heavy atom. The molecule has 1 aromatic rings. The molecule has 0 bridgehead atoms. The van der Waals surface area contributed by atoms with Crippen molar-refractivity contribution < 1.29 is 9.59 Å². The average molecular weight is 320 g/mol. The third-order valence-electron chi connectivity index (χ3n) is 3.80. The summed E-state index contributed by atoms with van der Waals surface area (Å²) >= 11 is 1.69. The zero-order valence-electron chi connectivity index (χ0n) is 13.0. The number of imide groups is 1. The Bertz CT molecular complexity index is 487. The van der Waals surface area contributed by atoms with Gasteiger partial charge in [-0.05, 0) is 25.3 Å². The molecule has 5 heteroatoms. The summed E-state index contributed by atoms with van der Waals surface area (Å²) in [5.41, 5.74) is 0.958. The summed E-state index contributed by atoms with van der Waals surface area (Å²) in [5.74, 6) is -0.229. The number of benzene rings is 1. The lowest BCUT2D eigenvalue weighted by Crippen LogP contribution is -2.41. The Labute approximate surface area is 136 Å². The summed E-state index contributed by atoms with van der Waals surface area (Å²) in [4.78, 5) is 24.1. The minimum atomic E-state index is -0.419. The van der Waals surface area contributed by atoms with Crippen LogP contribution in [0, 0.1) is 0 Å². The lowest BCUT2D eigenvalue weighted by molar-refractivity contribution is -0.119. The van der Waals surface area contributed by atoms with Crippen LogP contribution in [0.3, 0.4) is 0 Å². The SMILES string of the molecule is CCNC(=O)NC(=O)[C@@H](SC1CCCCC1)c1ccccc1. The van der Waals surface area contributed by atoms with Gasteiger partial charge in [0.05, 0.1) is 0 Å². The number of hydrogen-bond donors (Lipinski definition) is 2. The predicted octanol–water partition coefficient (Wildman–Crippen LogP) is 3.64. The number of hydrogen-bond acceptors (Lipinski definition) is 3. The second-order valence-electron chi connectivity index (χ2n) is 5.54. The van der Waals surface area contributed by atoms with Gasteiger partial charge in [-0.3, -0.25) is 10.1 Å². The average Bonchev–Trinajstić information content (AvgIpc) is 2.54. The van der Waals surface area contributed by atoms with Crippen molar-refractivity contribution in [1.82, 2.24) is 10.6 Å². The quantitative estimate of drug-likeness (QED) is 0.871. The van der Waals surface area contributed by atoms with Crippen LogP contribution >= 0.6 is 11.8 Å². The highest BCUT2D eigenvalue weighted by Gasteiger charge is 2.27. The van der Waals surface area contributed by atoms with Gasteiger partial charge in [-0.2, -0.15) is 0 Å². The predicted molar refractivity (Wildman–Crippen MR) is 90.9 cm³/mol. The molecule has 0 radical (unpaired) electrons. The normalized spacial score (nSPS) is 16.8. The van der Waals surface area contributed by atoms with Crippen molar-refractivity contribution in [2.24, 2.45) is 0 Å². The highest BCUT2D eigenvalue weighted by Crippen LogP contribution is 2.38. The van der Waals surface area contributed by atoms with Gasteiger partial charge in [0.15, 0.2) is 0 Å². The summed E-state index contributed by atoms with van der Waals surface area (Å²) in [7, 11) is 0. The molecule has 1 saturated carbocycles. The number of urea groups is 1. The monoisotopic (exact) mass is 320 g/mol. The molecule has 120 valence electrons. The van der Waals surface area contributed by atoms with Gasteiger partial charge in [0.25, 0.3) is 0 Å². The van der Waals surface area contributed by atoms with Crippen LogP contribution in [0.4, 0.5) is 4.79 Å². The molecule has 0 spiro atoms. The van der Waals surface area contributed by atoms with Crippen molar-refractivity contribution >= 4 is 23.7 Å². The van der Waals surface area contributed by atoms with Gasteiger partial charge in [0.2, 0.25) is 5.91 Å². The first-order valence-corrected chi connectivity index (χ1v) is 8.94. The number of nitrogens with one attached hydrogen (secondary N) is 2. The number of amides is 3. The maximum Gasteiger partial charge on any atom is 0.321 e. The molecule has 3 amide bonds. The summed E-state index contributed by atoms with van der Waals surface area (Å²) in [5, 5.41) is 5.24. The smallest absolute Gasteiger partial charge is 0.321 e. The molecular formula is C17H24N2O2S. The molecule has 4 nitrogen and oxygen atoms in total. The Morgan fingerprint density at radius 3 is 2.50 bits per heavy atom. The topological polar surface area (TPSA) is 58.2 Å². The van der Waals surface area contributed by atoms with E-state index in [-0.39, 0.29) is 11.2 Å². The molecule has 1 atom stereocenters. The largest absolute Gasteiger partial charge is 0.338 e. The van der Waals surface area contributed by atoms with Crippen molar-refractivity contribution in [3.05, 3.63) is 35.9 Å². The molecular weight excluding hydrogens is 296 g/mol. The van der Waals surface area contributed by atoms with E-state index in [4.69, 9.17) is 0 Å². The van der Waals surface area contributed by atoms with E-state index >= 15 is 0 Å². The van der Waals surface area contributed by atoms with Crippen LogP contribution in [0.2, 0.25) is 0 Å². The molecule has 22 heavy (non-hydrogen) atoms. The summed E-state index contributed by atoms with van der Waals surface area (Å²) < 4.78 is 0. The highest BCUT2D eigenvalue weighted by molar-refractivity contribution is 8.00. The van der Waals surface area contributed by atoms with E-state index in [0.717, 1.165) is 18.4 Å². The zero-order valence-corrected chi connectivity index (χ0v) is 13.8. The molecule has 0 aromatic heterocycles. The minimum absolute atomic E-state index is 0.229. The number of carbonyl (C=O) groups excluding carboxylic acids is 2. The fourth-order valence-electron chi connectivity index (χ4n) is 2.70. The van der Waals surface area contributed by atoms with Crippen LogP contribution in [-0.4, -0.2) is 23.7 Å². The van der Waals surface area contributed by atoms with E-state index in [9.17, 15) is 9.59 Å². The van der Waals surface area contributed by atoms with Crippen LogP contribution in [0.5, 0.6) is 0 Å². The second kappa shape index (κ2) is 8.83. The maximum absolute atomic E-state index is 12.5. The Balaban J connectivity index is 2.07. The van der Waals surface area contributed by atoms with Gasteiger partial charge < -0.3 is 5.32 Å². The maximum atomic E-state index is 12.5. The van der Waals surface area contributed by atoms with E-state index in [1.165, 1.54) is 19.3 Å². The first-order valence-electron chi connectivity index (χ1n) is 7.99. The van der Waals surface area contributed by atoms with E-state index in [2.05, 4.69) is 10.6 Å². The lowest BCUT2D eigenvalue weighted by Gasteiger charge is -2.25. The van der Waals surface area contributed by atoms with Gasteiger partial charge in [-0.25, -0.2) is 4.79 Å². The molecule has 1 aliphatic rings. The van der Waals surface area contributed by atoms with E-state index in [1.807, 2.05) is 37.3 Å². The Kier molecular flexibility index (Phi) is 6.77. The third-order valence-corrected chi connectivity index (χ3v) is 5.41. The van der Waals surface area contributed by atoms with Gasteiger partial charge >= 0.3 is 6.03 Å². The highest BCUT2D eigenvalue weighted by atomic mass is 32.2. The fraction of sp³-hybridized carbons (Fsp3) is 0.529. The standard InChI is InChI=1S/C17H24N2O2S/c1-2-18-17(21)19-16(20)15(13-9-5-3-6-10-13)22-14-11-7-4-8-12-14/h3,5-6,9-10,14-15H,2,4,7-8,11-12H2,1H3,(H2,18,19,20,21)/t15-/m0/s1. The van der Waals surface area contributed by atoms with Crippen molar-refractivity contribution in [2.45, 2.75) is 49.5 Å². The van der Waals surface area contributed by atoms with Gasteiger partial charge in [-0.1, -0.05) is 49.6 Å². The summed E-state index contributed by atoms with van der Waals surface area (Å²) in [6.07, 6.45) is 6.07. The van der Waals surface area contributed by atoms with Crippen LogP contribution in [0.25, 0.3) is 0 Å². The minimum Gasteiger partial charge on any atom is -0.338 e. The van der Waals surface area contributed by atoms with E-state index in [0.29, 0.717) is 11.8 Å². The Hall–Kier alpha value is -1.49. The van der Waals surface area contributed by atoms with Crippen molar-refractivity contribution in [2.75, 3.05) is 6.54 Å². The van der Waals surface area contributed by atoms with Gasteiger partial charge in [0.1, 0.15) is 5.25 Å². The molecule has 2 rings (SSSR count). The van der Waals surface area contributed by atoms with E-state index in [1.54, 1.807) is 11.8 Å². The Morgan fingerprint density at radius 1 is 1.18 bits per heavy atom. The molecule has 0 unspecified atom stereocenters. The van der Waals surface area contributed by atoms with Crippen LogP contribution in [0.15, 0.2) is 30.3 Å². The fourth-order valence-corrected chi connectivity index (χ4v) is 4.18. The molecule has 1 aliphatic carbocycles. The van der Waals surface area contributed by atoms with Gasteiger partial charge in [0, 0.05) is 11.8 Å². The van der Waals surface area contributed by atoms with Crippen LogP contribution < -0.4 is 10.6 Å². The number of carbonyl (C=O) groups is 2. The van der Waals surface area contributed by atoms with Crippen molar-refractivity contribution in [3.63, 3.8) is 0 Å². The van der Waals surface area contributed by atoms with E-state index < -0.39 is 6.03 Å². The first kappa shape index (κ1) is 16.9. The molecule has 0 aliphatic heterocycles. The van der Waals surface area contributed by atoms with Gasteiger partial charge in [-0.15, -0.1) is 11.8 Å². The third kappa shape index (κ3) is 5.05. The number of thioether (sulfide) groups is 1. The summed E-state index contributed by atoms with van der Waals surface area (Å²) in [6, 6.07) is 9.30. The van der Waals surface area contributed by atoms with Crippen molar-refractivity contribution in [3.8, 4) is 0 Å². The second-order valence-corrected chi connectivity index (χ2v) is 6.95. The lowest BCUT2D eigenvalue weighted by atomic mass is 10.0.